The van der Waals surface area contributed by atoms with E-state index in [2.05, 4.69) is 30.7 Å². The van der Waals surface area contributed by atoms with Gasteiger partial charge in [-0.05, 0) is 58.8 Å². The molecule has 5 rings (SSSR count). The summed E-state index contributed by atoms with van der Waals surface area (Å²) in [5, 5.41) is 11.0. The molecule has 0 amide bonds. The Balaban J connectivity index is 1.47. The van der Waals surface area contributed by atoms with Crippen molar-refractivity contribution in [1.29, 1.82) is 0 Å². The van der Waals surface area contributed by atoms with E-state index in [4.69, 9.17) is 0 Å². The average molecular weight is 453 g/mol. The van der Waals surface area contributed by atoms with Crippen LogP contribution in [0.25, 0.3) is 22.3 Å². The monoisotopic (exact) mass is 452 g/mol. The molecule has 172 valence electrons. The number of rotatable bonds is 5. The van der Waals surface area contributed by atoms with Crippen LogP contribution in [0.2, 0.25) is 0 Å². The van der Waals surface area contributed by atoms with E-state index in [-0.39, 0.29) is 23.2 Å². The summed E-state index contributed by atoms with van der Waals surface area (Å²) in [5.41, 5.74) is 1.21. The largest absolute Gasteiger partial charge is 0.326 e. The van der Waals surface area contributed by atoms with E-state index in [1.807, 2.05) is 42.3 Å². The predicted molar refractivity (Wildman–Crippen MR) is 122 cm³/mol. The van der Waals surface area contributed by atoms with Gasteiger partial charge in [0, 0.05) is 23.9 Å². The van der Waals surface area contributed by atoms with Crippen molar-refractivity contribution in [3.8, 4) is 11.3 Å². The molecule has 4 heterocycles. The third-order valence-corrected chi connectivity index (χ3v) is 5.99. The molecule has 33 heavy (non-hydrogen) atoms. The summed E-state index contributed by atoms with van der Waals surface area (Å²) >= 11 is 0. The summed E-state index contributed by atoms with van der Waals surface area (Å²) in [7, 11) is 0. The lowest BCUT2D eigenvalue weighted by Gasteiger charge is -2.22. The number of nitrogens with one attached hydrogen (secondary N) is 2. The van der Waals surface area contributed by atoms with Crippen LogP contribution in [-0.2, 0) is 0 Å². The Kier molecular flexibility index (Phi) is 5.53. The van der Waals surface area contributed by atoms with Crippen molar-refractivity contribution in [3.63, 3.8) is 0 Å². The lowest BCUT2D eigenvalue weighted by Crippen LogP contribution is -2.29. The number of benzene rings is 1. The van der Waals surface area contributed by atoms with Crippen molar-refractivity contribution >= 4 is 22.8 Å². The van der Waals surface area contributed by atoms with Gasteiger partial charge in [-0.2, -0.15) is 5.10 Å². The smallest absolute Gasteiger partial charge is 0.229 e. The first-order valence-electron chi connectivity index (χ1n) is 11.1. The van der Waals surface area contributed by atoms with Crippen LogP contribution in [-0.4, -0.2) is 42.4 Å². The topological polar surface area (TPSA) is 85.5 Å². The molecule has 0 saturated carbocycles. The zero-order valence-electron chi connectivity index (χ0n) is 18.8. The number of hydrogen-bond donors (Lipinski definition) is 2. The Labute approximate surface area is 190 Å². The van der Waals surface area contributed by atoms with Crippen LogP contribution in [0.15, 0.2) is 30.6 Å². The lowest BCUT2D eigenvalue weighted by atomic mass is 10.1. The minimum Gasteiger partial charge on any atom is -0.326 e. The summed E-state index contributed by atoms with van der Waals surface area (Å²) in [4.78, 5) is 12.7. The molecule has 0 bridgehead atoms. The van der Waals surface area contributed by atoms with E-state index in [9.17, 15) is 8.78 Å². The zero-order chi connectivity index (χ0) is 23.1. The molecule has 0 unspecified atom stereocenters. The van der Waals surface area contributed by atoms with E-state index in [0.717, 1.165) is 32.1 Å². The van der Waals surface area contributed by atoms with Crippen molar-refractivity contribution in [2.45, 2.75) is 45.7 Å². The number of aryl methyl sites for hydroxylation is 1. The molecule has 0 spiro atoms. The molecule has 0 atom stereocenters. The molecule has 1 fully saturated rings. The van der Waals surface area contributed by atoms with Gasteiger partial charge in [-0.1, -0.05) is 0 Å². The average Bonchev–Trinajstić information content (AvgIpc) is 3.39. The highest BCUT2D eigenvalue weighted by Gasteiger charge is 2.19. The maximum atomic E-state index is 14.9. The van der Waals surface area contributed by atoms with Crippen molar-refractivity contribution in [2.24, 2.45) is 0 Å². The highest BCUT2D eigenvalue weighted by Crippen LogP contribution is 2.30. The van der Waals surface area contributed by atoms with E-state index in [1.165, 1.54) is 6.07 Å². The van der Waals surface area contributed by atoms with Gasteiger partial charge in [0.05, 0.1) is 17.8 Å². The van der Waals surface area contributed by atoms with E-state index in [1.54, 1.807) is 6.07 Å². The van der Waals surface area contributed by atoms with Crippen LogP contribution in [0, 0.1) is 18.6 Å². The second-order valence-electron chi connectivity index (χ2n) is 8.63. The normalized spacial score (nSPS) is 15.0. The van der Waals surface area contributed by atoms with Crippen LogP contribution in [0.4, 0.5) is 20.5 Å². The van der Waals surface area contributed by atoms with Crippen molar-refractivity contribution in [2.75, 3.05) is 18.4 Å². The van der Waals surface area contributed by atoms with E-state index < -0.39 is 11.6 Å². The number of halogens is 2. The molecule has 4 aromatic rings. The van der Waals surface area contributed by atoms with Crippen LogP contribution in [0.5, 0.6) is 0 Å². The first-order valence-corrected chi connectivity index (χ1v) is 11.1. The molecular formula is C23H26F2N8. The second kappa shape index (κ2) is 8.51. The summed E-state index contributed by atoms with van der Waals surface area (Å²) < 4.78 is 33.4. The van der Waals surface area contributed by atoms with Gasteiger partial charge in [-0.25, -0.2) is 23.7 Å². The summed E-state index contributed by atoms with van der Waals surface area (Å²) in [6, 6.07) is 5.24. The molecule has 8 nitrogen and oxygen atoms in total. The summed E-state index contributed by atoms with van der Waals surface area (Å²) in [6.07, 6.45) is 5.03. The number of piperidine rings is 1. The zero-order valence-corrected chi connectivity index (χ0v) is 18.8. The second-order valence-corrected chi connectivity index (χ2v) is 8.63. The van der Waals surface area contributed by atoms with Crippen LogP contribution in [0.3, 0.4) is 0 Å². The molecule has 3 aromatic heterocycles. The number of fused-ring (bicyclic) bond motifs is 1. The molecule has 1 aliphatic heterocycles. The van der Waals surface area contributed by atoms with Crippen LogP contribution in [0.1, 0.15) is 44.6 Å². The van der Waals surface area contributed by atoms with Crippen molar-refractivity contribution < 1.29 is 8.78 Å². The van der Waals surface area contributed by atoms with Crippen LogP contribution < -0.4 is 10.6 Å². The van der Waals surface area contributed by atoms with Gasteiger partial charge in [0.15, 0.2) is 17.5 Å². The fourth-order valence-electron chi connectivity index (χ4n) is 4.48. The van der Waals surface area contributed by atoms with Crippen molar-refractivity contribution in [1.82, 2.24) is 34.6 Å². The quantitative estimate of drug-likeness (QED) is 0.463. The maximum absolute atomic E-state index is 14.9. The summed E-state index contributed by atoms with van der Waals surface area (Å²) in [6.45, 7) is 7.75. The first-order chi connectivity index (χ1) is 15.9. The molecular weight excluding hydrogens is 426 g/mol. The fraction of sp³-hybridized carbons (Fsp3) is 0.391. The van der Waals surface area contributed by atoms with Gasteiger partial charge in [-0.3, -0.25) is 4.68 Å². The van der Waals surface area contributed by atoms with Gasteiger partial charge in [0.25, 0.3) is 0 Å². The summed E-state index contributed by atoms with van der Waals surface area (Å²) in [5.74, 6) is 0.313. The van der Waals surface area contributed by atoms with Gasteiger partial charge < -0.3 is 15.2 Å². The number of aromatic nitrogens is 6. The SMILES string of the molecule is Cc1nc2c(F)cc(-c3nc(Nc4ccn(C5CCNCC5)n4)ncc3F)cc2n1C(C)C. The maximum Gasteiger partial charge on any atom is 0.229 e. The Hall–Kier alpha value is -3.40. The molecule has 0 aliphatic carbocycles. The van der Waals surface area contributed by atoms with E-state index in [0.29, 0.717) is 28.8 Å². The molecule has 10 heteroatoms. The minimum absolute atomic E-state index is 0.0141. The van der Waals surface area contributed by atoms with Crippen LogP contribution >= 0.6 is 0 Å². The van der Waals surface area contributed by atoms with Crippen molar-refractivity contribution in [3.05, 3.63) is 48.1 Å². The highest BCUT2D eigenvalue weighted by atomic mass is 19.1. The fourth-order valence-corrected chi connectivity index (χ4v) is 4.48. The molecule has 1 saturated heterocycles. The van der Waals surface area contributed by atoms with Gasteiger partial charge >= 0.3 is 0 Å². The number of nitrogens with zero attached hydrogens (tertiary/aromatic N) is 6. The molecule has 0 radical (unpaired) electrons. The third kappa shape index (κ3) is 4.06. The molecule has 2 N–H and O–H groups in total. The predicted octanol–water partition coefficient (Wildman–Crippen LogP) is 4.53. The molecule has 1 aliphatic rings. The third-order valence-electron chi connectivity index (χ3n) is 5.99. The Bertz CT molecular complexity index is 1300. The highest BCUT2D eigenvalue weighted by molar-refractivity contribution is 5.83. The first kappa shape index (κ1) is 21.4. The lowest BCUT2D eigenvalue weighted by molar-refractivity contribution is 0.344. The van der Waals surface area contributed by atoms with Gasteiger partial charge in [-0.15, -0.1) is 0 Å². The van der Waals surface area contributed by atoms with Gasteiger partial charge in [0.2, 0.25) is 5.95 Å². The molecule has 1 aromatic carbocycles. The Morgan fingerprint density at radius 3 is 2.67 bits per heavy atom. The minimum atomic E-state index is -0.633. The Morgan fingerprint density at radius 2 is 1.91 bits per heavy atom. The Morgan fingerprint density at radius 1 is 1.12 bits per heavy atom. The standard InChI is InChI=1S/C23H26F2N8/c1-13(2)33-14(3)28-22-17(24)10-15(11-19(22)33)21-18(25)12-27-23(30-21)29-20-6-9-32(31-20)16-4-7-26-8-5-16/h6,9-13,16,26H,4-5,7-8H2,1-3H3,(H,27,29,30,31). The number of hydrogen-bond acceptors (Lipinski definition) is 6. The van der Waals surface area contributed by atoms with E-state index >= 15 is 0 Å². The van der Waals surface area contributed by atoms with Gasteiger partial charge in [0.1, 0.15) is 17.0 Å². The number of imidazole rings is 1. The number of anilines is 2.